The monoisotopic (exact) mass is 316 g/mol. The van der Waals surface area contributed by atoms with Crippen molar-refractivity contribution in [1.29, 1.82) is 0 Å². The highest BCUT2D eigenvalue weighted by atomic mass is 19.1. The lowest BCUT2D eigenvalue weighted by atomic mass is 10.0. The van der Waals surface area contributed by atoms with Gasteiger partial charge in [0, 0.05) is 0 Å². The van der Waals surface area contributed by atoms with E-state index in [4.69, 9.17) is 0 Å². The quantitative estimate of drug-likeness (QED) is 0.543. The maximum atomic E-state index is 13.7. The van der Waals surface area contributed by atoms with E-state index in [1.165, 1.54) is 16.7 Å². The maximum absolute atomic E-state index is 13.7. The van der Waals surface area contributed by atoms with Crippen LogP contribution in [0.2, 0.25) is 0 Å². The molecule has 0 amide bonds. The summed E-state index contributed by atoms with van der Waals surface area (Å²) in [4.78, 5) is 0. The first kappa shape index (κ1) is 16.2. The summed E-state index contributed by atoms with van der Waals surface area (Å²) in [5.74, 6) is -0.133. The van der Waals surface area contributed by atoms with Crippen LogP contribution >= 0.6 is 0 Å². The molecule has 0 radical (unpaired) electrons. The molecular formula is C23H21F. The molecule has 0 saturated carbocycles. The number of benzene rings is 3. The zero-order valence-electron chi connectivity index (χ0n) is 13.9. The second kappa shape index (κ2) is 7.74. The smallest absolute Gasteiger partial charge is 0.126 e. The van der Waals surface area contributed by atoms with Gasteiger partial charge in [0.15, 0.2) is 0 Å². The fraction of sp³-hybridized carbons (Fsp3) is 0.130. The first-order valence-corrected chi connectivity index (χ1v) is 8.25. The van der Waals surface area contributed by atoms with Crippen LogP contribution in [-0.2, 0) is 12.8 Å². The van der Waals surface area contributed by atoms with Gasteiger partial charge in [0.25, 0.3) is 0 Å². The second-order valence-electron chi connectivity index (χ2n) is 6.10. The Morgan fingerprint density at radius 2 is 1.54 bits per heavy atom. The molecule has 0 aliphatic rings. The molecule has 24 heavy (non-hydrogen) atoms. The van der Waals surface area contributed by atoms with Crippen molar-refractivity contribution in [3.05, 3.63) is 113 Å². The Morgan fingerprint density at radius 3 is 2.33 bits per heavy atom. The van der Waals surface area contributed by atoms with Crippen molar-refractivity contribution in [2.45, 2.75) is 19.8 Å². The molecule has 0 aliphatic carbocycles. The molecule has 0 aliphatic heterocycles. The Morgan fingerprint density at radius 1 is 0.792 bits per heavy atom. The van der Waals surface area contributed by atoms with Crippen LogP contribution in [0.4, 0.5) is 4.39 Å². The van der Waals surface area contributed by atoms with Gasteiger partial charge in [0.05, 0.1) is 0 Å². The van der Waals surface area contributed by atoms with E-state index in [1.807, 2.05) is 18.2 Å². The summed E-state index contributed by atoms with van der Waals surface area (Å²) in [5.41, 5.74) is 5.37. The van der Waals surface area contributed by atoms with Crippen molar-refractivity contribution < 1.29 is 4.39 Å². The molecule has 0 nitrogen and oxygen atoms in total. The van der Waals surface area contributed by atoms with E-state index in [1.54, 1.807) is 13.0 Å². The summed E-state index contributed by atoms with van der Waals surface area (Å²) in [6.07, 6.45) is 6.00. The highest BCUT2D eigenvalue weighted by molar-refractivity contribution is 5.51. The van der Waals surface area contributed by atoms with Crippen LogP contribution < -0.4 is 0 Å². The Kier molecular flexibility index (Phi) is 5.22. The number of hydrogen-bond acceptors (Lipinski definition) is 0. The van der Waals surface area contributed by atoms with E-state index in [-0.39, 0.29) is 5.82 Å². The summed E-state index contributed by atoms with van der Waals surface area (Å²) in [7, 11) is 0. The van der Waals surface area contributed by atoms with Crippen molar-refractivity contribution in [2.75, 3.05) is 0 Å². The van der Waals surface area contributed by atoms with Gasteiger partial charge in [-0.2, -0.15) is 0 Å². The average Bonchev–Trinajstić information content (AvgIpc) is 2.60. The lowest BCUT2D eigenvalue weighted by Crippen LogP contribution is -1.91. The highest BCUT2D eigenvalue weighted by Crippen LogP contribution is 2.15. The van der Waals surface area contributed by atoms with Crippen LogP contribution in [0.15, 0.2) is 78.9 Å². The number of halogens is 1. The summed E-state index contributed by atoms with van der Waals surface area (Å²) in [6.45, 7) is 1.79. The minimum atomic E-state index is -0.133. The molecule has 0 heterocycles. The minimum Gasteiger partial charge on any atom is -0.207 e. The third-order valence-electron chi connectivity index (χ3n) is 4.10. The maximum Gasteiger partial charge on any atom is 0.126 e. The van der Waals surface area contributed by atoms with Crippen LogP contribution in [0.5, 0.6) is 0 Å². The Bertz CT molecular complexity index is 832. The normalized spacial score (nSPS) is 11.1. The molecule has 0 bridgehead atoms. The molecular weight excluding hydrogens is 295 g/mol. The fourth-order valence-corrected chi connectivity index (χ4v) is 2.73. The van der Waals surface area contributed by atoms with Crippen LogP contribution in [0, 0.1) is 12.7 Å². The third-order valence-corrected chi connectivity index (χ3v) is 4.10. The zero-order chi connectivity index (χ0) is 16.8. The van der Waals surface area contributed by atoms with E-state index >= 15 is 0 Å². The van der Waals surface area contributed by atoms with Gasteiger partial charge in [-0.1, -0.05) is 78.9 Å². The first-order valence-electron chi connectivity index (χ1n) is 8.25. The largest absolute Gasteiger partial charge is 0.207 e. The van der Waals surface area contributed by atoms with Gasteiger partial charge >= 0.3 is 0 Å². The van der Waals surface area contributed by atoms with Gasteiger partial charge < -0.3 is 0 Å². The Labute approximate surface area is 143 Å². The number of aryl methyl sites for hydroxylation is 1. The highest BCUT2D eigenvalue weighted by Gasteiger charge is 2.01. The molecule has 0 N–H and O–H groups in total. The van der Waals surface area contributed by atoms with Crippen LogP contribution in [0.25, 0.3) is 6.08 Å². The number of rotatable bonds is 5. The van der Waals surface area contributed by atoms with Crippen molar-refractivity contribution in [2.24, 2.45) is 0 Å². The second-order valence-corrected chi connectivity index (χ2v) is 6.10. The molecule has 120 valence electrons. The molecule has 3 rings (SSSR count). The van der Waals surface area contributed by atoms with Crippen LogP contribution in [-0.4, -0.2) is 0 Å². The van der Waals surface area contributed by atoms with E-state index in [9.17, 15) is 4.39 Å². The zero-order valence-corrected chi connectivity index (χ0v) is 13.9. The van der Waals surface area contributed by atoms with Gasteiger partial charge in [-0.05, 0) is 53.6 Å². The van der Waals surface area contributed by atoms with E-state index in [2.05, 4.69) is 60.7 Å². The summed E-state index contributed by atoms with van der Waals surface area (Å²) >= 11 is 0. The Hall–Kier alpha value is -2.67. The molecule has 0 saturated heterocycles. The molecule has 0 atom stereocenters. The molecule has 3 aromatic carbocycles. The average molecular weight is 316 g/mol. The summed E-state index contributed by atoms with van der Waals surface area (Å²) < 4.78 is 13.7. The van der Waals surface area contributed by atoms with E-state index < -0.39 is 0 Å². The summed E-state index contributed by atoms with van der Waals surface area (Å²) in [6, 6.07) is 24.3. The summed E-state index contributed by atoms with van der Waals surface area (Å²) in [5, 5.41) is 0. The third kappa shape index (κ3) is 4.42. The van der Waals surface area contributed by atoms with Gasteiger partial charge in [-0.25, -0.2) is 4.39 Å². The van der Waals surface area contributed by atoms with Gasteiger partial charge in [-0.15, -0.1) is 0 Å². The van der Waals surface area contributed by atoms with Crippen LogP contribution in [0.3, 0.4) is 0 Å². The fourth-order valence-electron chi connectivity index (χ4n) is 2.73. The first-order chi connectivity index (χ1) is 11.7. The van der Waals surface area contributed by atoms with Crippen molar-refractivity contribution in [3.63, 3.8) is 0 Å². The molecule has 0 fully saturated rings. The lowest BCUT2D eigenvalue weighted by Gasteiger charge is -2.05. The van der Waals surface area contributed by atoms with E-state index in [0.717, 1.165) is 18.4 Å². The molecule has 0 spiro atoms. The van der Waals surface area contributed by atoms with Crippen molar-refractivity contribution in [3.8, 4) is 0 Å². The predicted octanol–water partition coefficient (Wildman–Crippen LogP) is 5.98. The number of allylic oxidation sites excluding steroid dienone is 1. The SMILES string of the molecule is Cc1ccc(Cc2cccc(/C=C\Cc3ccccc3)c2)cc1F. The minimum absolute atomic E-state index is 0.133. The van der Waals surface area contributed by atoms with Crippen LogP contribution in [0.1, 0.15) is 27.8 Å². The predicted molar refractivity (Wildman–Crippen MR) is 99.6 cm³/mol. The topological polar surface area (TPSA) is 0 Å². The number of hydrogen-bond donors (Lipinski definition) is 0. The molecule has 3 aromatic rings. The van der Waals surface area contributed by atoms with E-state index in [0.29, 0.717) is 5.56 Å². The van der Waals surface area contributed by atoms with Crippen molar-refractivity contribution >= 4 is 6.08 Å². The lowest BCUT2D eigenvalue weighted by molar-refractivity contribution is 0.616. The van der Waals surface area contributed by atoms with Gasteiger partial charge in [0.1, 0.15) is 5.82 Å². The van der Waals surface area contributed by atoms with Gasteiger partial charge in [0.2, 0.25) is 0 Å². The van der Waals surface area contributed by atoms with Gasteiger partial charge in [-0.3, -0.25) is 0 Å². The molecule has 1 heteroatoms. The van der Waals surface area contributed by atoms with Crippen molar-refractivity contribution in [1.82, 2.24) is 0 Å². The molecule has 0 aromatic heterocycles. The Balaban J connectivity index is 1.68. The molecule has 0 unspecified atom stereocenters. The standard InChI is InChI=1S/C23H21F/c1-18-13-14-22(17-23(18)24)16-21-12-6-11-20(15-21)10-5-9-19-7-3-2-4-8-19/h2-8,10-15,17H,9,16H2,1H3/b10-5-.